The lowest BCUT2D eigenvalue weighted by atomic mass is 9.83. The van der Waals surface area contributed by atoms with Crippen LogP contribution in [0, 0.1) is 0 Å². The number of fused-ring (bicyclic) bond motifs is 15. The average Bonchev–Trinajstić information content (AvgIpc) is 4.22. The van der Waals surface area contributed by atoms with Crippen molar-refractivity contribution >= 4 is 75.4 Å². The number of hydrogen-bond acceptors (Lipinski definition) is 2. The van der Waals surface area contributed by atoms with Gasteiger partial charge in [0.15, 0.2) is 0 Å². The second-order valence-corrected chi connectivity index (χ2v) is 18.6. The summed E-state index contributed by atoms with van der Waals surface area (Å²) in [6.07, 6.45) is 0. The molecule has 0 saturated heterocycles. The topological polar surface area (TPSA) is 26.3 Å². The van der Waals surface area contributed by atoms with E-state index in [2.05, 4.69) is 218 Å². The van der Waals surface area contributed by atoms with Crippen LogP contribution < -0.4 is 0 Å². The Balaban J connectivity index is 1.06. The zero-order chi connectivity index (χ0) is 44.2. The van der Waals surface area contributed by atoms with Crippen LogP contribution in [0.2, 0.25) is 0 Å². The summed E-state index contributed by atoms with van der Waals surface area (Å²) in [7, 11) is 0. The van der Waals surface area contributed by atoms with Gasteiger partial charge in [0.1, 0.15) is 23.0 Å². The molecule has 0 amide bonds. The lowest BCUT2D eigenvalue weighted by Gasteiger charge is -2.20. The summed E-state index contributed by atoms with van der Waals surface area (Å²) < 4.78 is 14.2. The molecule has 0 radical (unpaired) electrons. The fourth-order valence-electron chi connectivity index (χ4n) is 12.3. The Bertz CT molecular complexity index is 4530. The summed E-state index contributed by atoms with van der Waals surface area (Å²) in [5.74, 6) is 3.36. The van der Waals surface area contributed by atoms with Crippen molar-refractivity contribution in [3.8, 4) is 89.8 Å². The highest BCUT2D eigenvalue weighted by molar-refractivity contribution is 6.35. The Morgan fingerprint density at radius 1 is 0.206 bits per heavy atom. The van der Waals surface area contributed by atoms with Gasteiger partial charge >= 0.3 is 0 Å². The van der Waals surface area contributed by atoms with Gasteiger partial charge in [0.05, 0.1) is 0 Å². The van der Waals surface area contributed by atoms with Crippen molar-refractivity contribution in [1.29, 1.82) is 0 Å². The first-order valence-corrected chi connectivity index (χ1v) is 23.5. The molecule has 68 heavy (non-hydrogen) atoms. The van der Waals surface area contributed by atoms with Crippen molar-refractivity contribution in [1.82, 2.24) is 0 Å². The molecule has 0 spiro atoms. The first kappa shape index (κ1) is 36.3. The van der Waals surface area contributed by atoms with Crippen LogP contribution in [0.5, 0.6) is 0 Å². The molecule has 0 atom stereocenters. The zero-order valence-corrected chi connectivity index (χ0v) is 36.6. The van der Waals surface area contributed by atoms with Gasteiger partial charge in [0.25, 0.3) is 0 Å². The van der Waals surface area contributed by atoms with Crippen LogP contribution in [-0.2, 0) is 0 Å². The van der Waals surface area contributed by atoms with Gasteiger partial charge in [0.2, 0.25) is 0 Å². The highest BCUT2D eigenvalue weighted by Gasteiger charge is 2.34. The Kier molecular flexibility index (Phi) is 7.10. The minimum atomic E-state index is 0.839. The summed E-state index contributed by atoms with van der Waals surface area (Å²) in [6.45, 7) is 0. The molecule has 0 fully saturated rings. The molecule has 0 N–H and O–H groups in total. The van der Waals surface area contributed by atoms with Gasteiger partial charge in [-0.1, -0.05) is 170 Å². The van der Waals surface area contributed by atoms with E-state index in [1.165, 1.54) is 109 Å². The second-order valence-electron chi connectivity index (χ2n) is 18.6. The van der Waals surface area contributed by atoms with E-state index in [0.29, 0.717) is 0 Å². The zero-order valence-electron chi connectivity index (χ0n) is 36.6. The van der Waals surface area contributed by atoms with E-state index in [1.54, 1.807) is 0 Å². The van der Waals surface area contributed by atoms with Gasteiger partial charge in [-0.25, -0.2) is 0 Å². The van der Waals surface area contributed by atoms with Crippen LogP contribution in [0.15, 0.2) is 227 Å². The number of hydrogen-bond donors (Lipinski definition) is 0. The molecular formula is C66H36O2. The highest BCUT2D eigenvalue weighted by Crippen LogP contribution is 2.60. The van der Waals surface area contributed by atoms with Crippen LogP contribution in [-0.4, -0.2) is 0 Å². The lowest BCUT2D eigenvalue weighted by molar-refractivity contribution is 0.597. The maximum absolute atomic E-state index is 7.15. The van der Waals surface area contributed by atoms with E-state index in [-0.39, 0.29) is 0 Å². The van der Waals surface area contributed by atoms with E-state index in [0.717, 1.165) is 56.1 Å². The number of rotatable bonds is 4. The average molecular weight is 861 g/mol. The molecule has 14 aromatic rings. The Hall–Kier alpha value is -8.98. The quantitative estimate of drug-likeness (QED) is 0.165. The molecule has 2 aliphatic carbocycles. The third-order valence-electron chi connectivity index (χ3n) is 15.1. The maximum Gasteiger partial charge on any atom is 0.136 e. The molecule has 16 rings (SSSR count). The van der Waals surface area contributed by atoms with Gasteiger partial charge in [-0.2, -0.15) is 0 Å². The Morgan fingerprint density at radius 3 is 1.37 bits per heavy atom. The number of benzene rings is 12. The third kappa shape index (κ3) is 4.80. The van der Waals surface area contributed by atoms with Crippen molar-refractivity contribution in [3.63, 3.8) is 0 Å². The van der Waals surface area contributed by atoms with Crippen molar-refractivity contribution in [2.45, 2.75) is 0 Å². The Morgan fingerprint density at radius 2 is 0.676 bits per heavy atom. The standard InChI is InChI=1S/C66H36O2/c1-3-13-37(14-4-1)56-29-31-58(67-56)63-50-28-27-44-48(26-25-41-33-52-47-23-11-21-45-42-19-9-7-17-39(42)34-54(60(45)47)53(52)36-51(41)44)62(50)66(59-32-30-57(68-59)38-15-5-2-6-16-38)64-49-24-12-22-46-43-20-10-8-18-40(43)35-55(61(46)49)65(63)64/h1-36H. The van der Waals surface area contributed by atoms with E-state index < -0.39 is 0 Å². The van der Waals surface area contributed by atoms with Gasteiger partial charge in [-0.05, 0) is 152 Å². The Labute approximate surface area is 390 Å². The summed E-state index contributed by atoms with van der Waals surface area (Å²) >= 11 is 0. The van der Waals surface area contributed by atoms with Crippen molar-refractivity contribution in [2.75, 3.05) is 0 Å². The second kappa shape index (κ2) is 13.3. The molecule has 312 valence electrons. The minimum absolute atomic E-state index is 0.839. The smallest absolute Gasteiger partial charge is 0.136 e. The molecule has 0 aliphatic heterocycles. The molecule has 2 aromatic heterocycles. The van der Waals surface area contributed by atoms with E-state index in [1.807, 2.05) is 0 Å². The van der Waals surface area contributed by atoms with Gasteiger partial charge < -0.3 is 8.83 Å². The van der Waals surface area contributed by atoms with Gasteiger partial charge in [-0.3, -0.25) is 0 Å². The van der Waals surface area contributed by atoms with Crippen molar-refractivity contribution in [2.24, 2.45) is 0 Å². The molecule has 2 nitrogen and oxygen atoms in total. The fourth-order valence-corrected chi connectivity index (χ4v) is 12.3. The van der Waals surface area contributed by atoms with Crippen LogP contribution >= 0.6 is 0 Å². The van der Waals surface area contributed by atoms with E-state index >= 15 is 0 Å². The molecule has 2 heteroatoms. The normalized spacial score (nSPS) is 12.4. The predicted molar refractivity (Wildman–Crippen MR) is 284 cm³/mol. The number of furan rings is 2. The summed E-state index contributed by atoms with van der Waals surface area (Å²) in [4.78, 5) is 0. The predicted octanol–water partition coefficient (Wildman–Crippen LogP) is 18.9. The summed E-state index contributed by atoms with van der Waals surface area (Å²) in [5, 5.41) is 17.3. The van der Waals surface area contributed by atoms with Crippen LogP contribution in [0.4, 0.5) is 0 Å². The fraction of sp³-hybridized carbons (Fsp3) is 0. The molecule has 0 bridgehead atoms. The third-order valence-corrected chi connectivity index (χ3v) is 15.1. The van der Waals surface area contributed by atoms with Gasteiger partial charge in [0, 0.05) is 38.8 Å². The first-order valence-electron chi connectivity index (χ1n) is 23.5. The summed E-state index contributed by atoms with van der Waals surface area (Å²) in [6, 6.07) is 79.9. The largest absolute Gasteiger partial charge is 0.456 e. The van der Waals surface area contributed by atoms with Gasteiger partial charge in [-0.15, -0.1) is 0 Å². The first-order chi connectivity index (χ1) is 33.7. The van der Waals surface area contributed by atoms with Crippen LogP contribution in [0.1, 0.15) is 0 Å². The van der Waals surface area contributed by atoms with Crippen LogP contribution in [0.25, 0.3) is 165 Å². The van der Waals surface area contributed by atoms with Crippen LogP contribution in [0.3, 0.4) is 0 Å². The molecule has 2 aliphatic rings. The molecule has 0 unspecified atom stereocenters. The summed E-state index contributed by atoms with van der Waals surface area (Å²) in [5.41, 5.74) is 14.2. The monoisotopic (exact) mass is 860 g/mol. The molecule has 0 saturated carbocycles. The lowest BCUT2D eigenvalue weighted by Crippen LogP contribution is -1.94. The van der Waals surface area contributed by atoms with Crippen molar-refractivity contribution < 1.29 is 8.83 Å². The van der Waals surface area contributed by atoms with E-state index in [4.69, 9.17) is 8.83 Å². The SMILES string of the molecule is c1ccc(-c2ccc(-c3c4c(c(-c5ccc(-c6ccccc6)o5)c5c3ccc3c6cc7c(cc6ccc35)-c3cccc5c3c-7cc3ccccc35)-c3cccc5c3c-4cc3ccccc35)o2)cc1. The molecular weight excluding hydrogens is 825 g/mol. The minimum Gasteiger partial charge on any atom is -0.456 e. The molecule has 12 aromatic carbocycles. The van der Waals surface area contributed by atoms with E-state index in [9.17, 15) is 0 Å². The molecule has 2 heterocycles. The highest BCUT2D eigenvalue weighted by atomic mass is 16.3. The maximum atomic E-state index is 7.15. The van der Waals surface area contributed by atoms with Crippen molar-refractivity contribution in [3.05, 3.63) is 218 Å².